The van der Waals surface area contributed by atoms with Crippen LogP contribution in [0.2, 0.25) is 0 Å². The number of nitro groups is 1. The first-order valence-corrected chi connectivity index (χ1v) is 9.10. The highest BCUT2D eigenvalue weighted by Gasteiger charge is 2.14. The van der Waals surface area contributed by atoms with Crippen LogP contribution in [0.15, 0.2) is 42.5 Å². The molecule has 0 atom stereocenters. The average Bonchev–Trinajstić information content (AvgIpc) is 2.71. The Morgan fingerprint density at radius 1 is 1.21 bits per heavy atom. The fraction of sp³-hybridized carbons (Fsp3) is 0.263. The number of non-ortho nitro benzene ring substituents is 1. The van der Waals surface area contributed by atoms with Crippen molar-refractivity contribution in [3.8, 4) is 11.5 Å². The maximum absolute atomic E-state index is 12.4. The number of hydrogen-bond donors (Lipinski definition) is 2. The number of carbonyl (C=O) groups is 1. The molecule has 9 nitrogen and oxygen atoms in total. The van der Waals surface area contributed by atoms with Crippen molar-refractivity contribution in [3.63, 3.8) is 0 Å². The summed E-state index contributed by atoms with van der Waals surface area (Å²) in [6.07, 6.45) is 0. The third kappa shape index (κ3) is 6.70. The predicted molar refractivity (Wildman–Crippen MR) is 112 cm³/mol. The van der Waals surface area contributed by atoms with Gasteiger partial charge in [-0.2, -0.15) is 0 Å². The van der Waals surface area contributed by atoms with E-state index in [1.165, 1.54) is 25.3 Å². The van der Waals surface area contributed by atoms with Crippen LogP contribution >= 0.6 is 12.2 Å². The number of anilines is 1. The quantitative estimate of drug-likeness (QED) is 0.276. The van der Waals surface area contributed by atoms with Gasteiger partial charge in [0, 0.05) is 24.3 Å². The molecule has 0 unspecified atom stereocenters. The summed E-state index contributed by atoms with van der Waals surface area (Å²) in [7, 11) is 1.42. The molecule has 2 N–H and O–H groups in total. The zero-order valence-corrected chi connectivity index (χ0v) is 16.8. The first-order valence-electron chi connectivity index (χ1n) is 8.70. The van der Waals surface area contributed by atoms with Crippen LogP contribution in [0.1, 0.15) is 17.3 Å². The zero-order chi connectivity index (χ0) is 21.2. The number of rotatable bonds is 9. The molecule has 0 saturated heterocycles. The monoisotopic (exact) mass is 419 g/mol. The summed E-state index contributed by atoms with van der Waals surface area (Å²) in [5, 5.41) is 16.2. The van der Waals surface area contributed by atoms with Crippen LogP contribution < -0.4 is 20.1 Å². The zero-order valence-electron chi connectivity index (χ0n) is 16.0. The highest BCUT2D eigenvalue weighted by Crippen LogP contribution is 2.28. The van der Waals surface area contributed by atoms with E-state index in [0.29, 0.717) is 36.9 Å². The number of carbonyl (C=O) groups excluding carboxylic acids is 1. The van der Waals surface area contributed by atoms with Crippen molar-refractivity contribution in [1.29, 1.82) is 0 Å². The average molecular weight is 419 g/mol. The van der Waals surface area contributed by atoms with Gasteiger partial charge in [-0.15, -0.1) is 0 Å². The fourth-order valence-electron chi connectivity index (χ4n) is 2.33. The minimum Gasteiger partial charge on any atom is -0.495 e. The number of nitrogens with zero attached hydrogens (tertiary/aromatic N) is 1. The van der Waals surface area contributed by atoms with E-state index in [4.69, 9.17) is 26.4 Å². The van der Waals surface area contributed by atoms with Gasteiger partial charge < -0.3 is 19.5 Å². The Kier molecular flexibility index (Phi) is 8.31. The summed E-state index contributed by atoms with van der Waals surface area (Å²) < 4.78 is 15.9. The first kappa shape index (κ1) is 22.1. The van der Waals surface area contributed by atoms with E-state index >= 15 is 0 Å². The topological polar surface area (TPSA) is 112 Å². The Morgan fingerprint density at radius 3 is 2.69 bits per heavy atom. The van der Waals surface area contributed by atoms with Crippen molar-refractivity contribution < 1.29 is 23.9 Å². The van der Waals surface area contributed by atoms with E-state index in [2.05, 4.69) is 10.6 Å². The second kappa shape index (κ2) is 10.9. The summed E-state index contributed by atoms with van der Waals surface area (Å²) in [4.78, 5) is 22.9. The molecule has 154 valence electrons. The minimum atomic E-state index is -0.538. The number of hydrogen-bond acceptors (Lipinski definition) is 7. The Morgan fingerprint density at radius 2 is 2.00 bits per heavy atom. The molecule has 0 aliphatic heterocycles. The maximum Gasteiger partial charge on any atom is 0.271 e. The minimum absolute atomic E-state index is 0.0311. The van der Waals surface area contributed by atoms with Crippen LogP contribution in [0.5, 0.6) is 11.5 Å². The summed E-state index contributed by atoms with van der Waals surface area (Å²) in [5.74, 6) is 0.413. The molecular formula is C19H21N3O6S. The Balaban J connectivity index is 2.01. The lowest BCUT2D eigenvalue weighted by Gasteiger charge is -2.13. The highest BCUT2D eigenvalue weighted by atomic mass is 32.1. The van der Waals surface area contributed by atoms with E-state index in [9.17, 15) is 14.9 Å². The number of nitrogens with one attached hydrogen (secondary N) is 2. The molecule has 0 aliphatic rings. The number of amides is 1. The normalized spacial score (nSPS) is 10.1. The van der Waals surface area contributed by atoms with Crippen LogP contribution in [-0.2, 0) is 4.74 Å². The lowest BCUT2D eigenvalue weighted by Crippen LogP contribution is -2.34. The number of nitro benzene ring substituents is 1. The van der Waals surface area contributed by atoms with Gasteiger partial charge in [-0.05, 0) is 43.4 Å². The molecule has 2 aromatic rings. The van der Waals surface area contributed by atoms with Gasteiger partial charge in [-0.25, -0.2) is 0 Å². The van der Waals surface area contributed by atoms with Gasteiger partial charge in [0.1, 0.15) is 18.1 Å². The van der Waals surface area contributed by atoms with Crippen LogP contribution in [0.25, 0.3) is 0 Å². The molecule has 0 radical (unpaired) electrons. The van der Waals surface area contributed by atoms with Crippen molar-refractivity contribution in [2.75, 3.05) is 32.2 Å². The molecule has 2 aromatic carbocycles. The molecule has 0 aromatic heterocycles. The molecule has 2 rings (SSSR count). The number of thiocarbonyl (C=S) groups is 1. The molecule has 0 fully saturated rings. The van der Waals surface area contributed by atoms with Gasteiger partial charge in [0.15, 0.2) is 5.11 Å². The lowest BCUT2D eigenvalue weighted by atomic mass is 10.2. The van der Waals surface area contributed by atoms with Crippen molar-refractivity contribution in [2.45, 2.75) is 6.92 Å². The van der Waals surface area contributed by atoms with E-state index in [-0.39, 0.29) is 16.5 Å². The smallest absolute Gasteiger partial charge is 0.271 e. The van der Waals surface area contributed by atoms with Gasteiger partial charge in [0.2, 0.25) is 0 Å². The second-order valence-corrected chi connectivity index (χ2v) is 6.03. The molecule has 0 heterocycles. The lowest BCUT2D eigenvalue weighted by molar-refractivity contribution is -0.384. The van der Waals surface area contributed by atoms with Crippen LogP contribution in [-0.4, -0.2) is 42.9 Å². The fourth-order valence-corrected chi connectivity index (χ4v) is 2.53. The van der Waals surface area contributed by atoms with Crippen LogP contribution in [0, 0.1) is 10.1 Å². The number of ether oxygens (including phenoxy) is 3. The molecule has 29 heavy (non-hydrogen) atoms. The molecule has 0 saturated carbocycles. The van der Waals surface area contributed by atoms with E-state index in [1.54, 1.807) is 24.3 Å². The predicted octanol–water partition coefficient (Wildman–Crippen LogP) is 3.15. The third-order valence-electron chi connectivity index (χ3n) is 3.67. The van der Waals surface area contributed by atoms with E-state index in [0.717, 1.165) is 0 Å². The first-order chi connectivity index (χ1) is 13.9. The standard InChI is InChI=1S/C19H21N3O6S/c1-3-27-9-10-28-15-6-4-5-13(11-15)18(23)21-19(29)20-16-12-14(22(24)25)7-8-17(16)26-2/h4-8,11-12H,3,9-10H2,1-2H3,(H2,20,21,23,29). The van der Waals surface area contributed by atoms with Gasteiger partial charge in [0.25, 0.3) is 11.6 Å². The molecular weight excluding hydrogens is 398 g/mol. The number of benzene rings is 2. The summed E-state index contributed by atoms with van der Waals surface area (Å²) in [6.45, 7) is 3.31. The molecule has 0 aliphatic carbocycles. The molecule has 0 spiro atoms. The van der Waals surface area contributed by atoms with Gasteiger partial charge >= 0.3 is 0 Å². The van der Waals surface area contributed by atoms with E-state index in [1.807, 2.05) is 6.92 Å². The van der Waals surface area contributed by atoms with Crippen molar-refractivity contribution >= 4 is 34.6 Å². The molecule has 10 heteroatoms. The summed E-state index contributed by atoms with van der Waals surface area (Å²) in [6, 6.07) is 10.6. The second-order valence-electron chi connectivity index (χ2n) is 5.62. The SMILES string of the molecule is CCOCCOc1cccc(C(=O)NC(=S)Nc2cc([N+](=O)[O-])ccc2OC)c1. The Labute approximate surface area is 173 Å². The highest BCUT2D eigenvalue weighted by molar-refractivity contribution is 7.80. The van der Waals surface area contributed by atoms with E-state index < -0.39 is 10.8 Å². The number of methoxy groups -OCH3 is 1. The van der Waals surface area contributed by atoms with Crippen molar-refractivity contribution in [3.05, 3.63) is 58.1 Å². The Bertz CT molecular complexity index is 890. The Hall–Kier alpha value is -3.24. The van der Waals surface area contributed by atoms with Crippen LogP contribution in [0.4, 0.5) is 11.4 Å². The maximum atomic E-state index is 12.4. The van der Waals surface area contributed by atoms with Crippen LogP contribution in [0.3, 0.4) is 0 Å². The molecule has 0 bridgehead atoms. The largest absolute Gasteiger partial charge is 0.495 e. The summed E-state index contributed by atoms with van der Waals surface area (Å²) >= 11 is 5.14. The van der Waals surface area contributed by atoms with Crippen molar-refractivity contribution in [1.82, 2.24) is 5.32 Å². The van der Waals surface area contributed by atoms with Gasteiger partial charge in [-0.1, -0.05) is 6.07 Å². The molecule has 1 amide bonds. The van der Waals surface area contributed by atoms with Gasteiger partial charge in [0.05, 0.1) is 24.3 Å². The van der Waals surface area contributed by atoms with Crippen molar-refractivity contribution in [2.24, 2.45) is 0 Å². The van der Waals surface area contributed by atoms with Gasteiger partial charge in [-0.3, -0.25) is 20.2 Å². The summed E-state index contributed by atoms with van der Waals surface area (Å²) in [5.41, 5.74) is 0.466. The third-order valence-corrected chi connectivity index (χ3v) is 3.87.